The third kappa shape index (κ3) is 5.84. The first-order valence-corrected chi connectivity index (χ1v) is 10.3. The number of methoxy groups -OCH3 is 2. The van der Waals surface area contributed by atoms with Gasteiger partial charge in [0.1, 0.15) is 11.6 Å². The van der Waals surface area contributed by atoms with E-state index in [1.54, 1.807) is 43.5 Å². The van der Waals surface area contributed by atoms with Crippen molar-refractivity contribution in [2.45, 2.75) is 18.4 Å². The van der Waals surface area contributed by atoms with Crippen LogP contribution in [0.3, 0.4) is 0 Å². The minimum absolute atomic E-state index is 0.197. The van der Waals surface area contributed by atoms with Crippen LogP contribution in [0.2, 0.25) is 5.02 Å². The molecule has 3 rings (SSSR count). The van der Waals surface area contributed by atoms with Crippen molar-refractivity contribution in [1.29, 1.82) is 0 Å². The second-order valence-corrected chi connectivity index (χ2v) is 7.72. The van der Waals surface area contributed by atoms with Crippen LogP contribution < -0.4 is 15.4 Å². The van der Waals surface area contributed by atoms with Gasteiger partial charge in [0.15, 0.2) is 0 Å². The highest BCUT2D eigenvalue weighted by molar-refractivity contribution is 6.30. The maximum absolute atomic E-state index is 14.8. The molecule has 2 aromatic rings. The van der Waals surface area contributed by atoms with E-state index in [0.717, 1.165) is 13.1 Å². The fourth-order valence-electron chi connectivity index (χ4n) is 3.74. The molecule has 1 fully saturated rings. The number of rotatable bonds is 7. The fraction of sp³-hybridized carbons (Fsp3) is 0.409. The monoisotopic (exact) mass is 435 g/mol. The number of likely N-dealkylation sites (tertiary alicyclic amines) is 1. The van der Waals surface area contributed by atoms with E-state index in [9.17, 15) is 9.18 Å². The van der Waals surface area contributed by atoms with Gasteiger partial charge in [-0.25, -0.2) is 9.18 Å². The van der Waals surface area contributed by atoms with Crippen LogP contribution in [0.4, 0.5) is 14.9 Å². The van der Waals surface area contributed by atoms with Crippen molar-refractivity contribution < 1.29 is 18.7 Å². The van der Waals surface area contributed by atoms with E-state index in [1.165, 1.54) is 13.2 Å². The van der Waals surface area contributed by atoms with Gasteiger partial charge in [-0.1, -0.05) is 17.7 Å². The zero-order valence-corrected chi connectivity index (χ0v) is 17.9. The maximum atomic E-state index is 14.8. The summed E-state index contributed by atoms with van der Waals surface area (Å²) in [7, 11) is 3.17. The van der Waals surface area contributed by atoms with Gasteiger partial charge < -0.3 is 25.0 Å². The van der Waals surface area contributed by atoms with Gasteiger partial charge in [0.05, 0.1) is 13.7 Å². The van der Waals surface area contributed by atoms with Crippen LogP contribution in [-0.2, 0) is 4.74 Å². The largest absolute Gasteiger partial charge is 0.497 e. The maximum Gasteiger partial charge on any atom is 0.319 e. The summed E-state index contributed by atoms with van der Waals surface area (Å²) in [4.78, 5) is 14.8. The highest BCUT2D eigenvalue weighted by Crippen LogP contribution is 2.31. The Morgan fingerprint density at radius 1 is 1.23 bits per heavy atom. The number of nitrogens with one attached hydrogen (secondary N) is 2. The zero-order valence-electron chi connectivity index (χ0n) is 17.2. The lowest BCUT2D eigenvalue weighted by Crippen LogP contribution is -2.51. The second kappa shape index (κ2) is 10.6. The summed E-state index contributed by atoms with van der Waals surface area (Å²) in [6.07, 6.45) is 0.702. The molecule has 1 aliphatic rings. The standard InChI is InChI=1S/C22H27ClFN3O3/c1-29-12-11-27-10-9-21(26-22(28)25-16-5-3-15(23)4-6-16)19(14-27)18-8-7-17(30-2)13-20(18)24/h3-8,13,19,21H,9-12,14H2,1-2H3,(H2,25,26,28)/t19?,21-/m1/s1. The molecule has 8 heteroatoms. The molecule has 0 aromatic heterocycles. The van der Waals surface area contributed by atoms with E-state index in [0.29, 0.717) is 41.6 Å². The number of amides is 2. The molecule has 0 bridgehead atoms. The Bertz CT molecular complexity index is 850. The topological polar surface area (TPSA) is 62.8 Å². The van der Waals surface area contributed by atoms with E-state index in [2.05, 4.69) is 15.5 Å². The van der Waals surface area contributed by atoms with E-state index >= 15 is 0 Å². The molecule has 30 heavy (non-hydrogen) atoms. The molecule has 0 spiro atoms. The summed E-state index contributed by atoms with van der Waals surface area (Å²) >= 11 is 5.89. The highest BCUT2D eigenvalue weighted by atomic mass is 35.5. The molecule has 1 aliphatic heterocycles. The van der Waals surface area contributed by atoms with Crippen molar-refractivity contribution in [2.24, 2.45) is 0 Å². The number of ether oxygens (including phenoxy) is 2. The molecular formula is C22H27ClFN3O3. The molecule has 2 N–H and O–H groups in total. The number of halogens is 2. The van der Waals surface area contributed by atoms with Crippen molar-refractivity contribution in [2.75, 3.05) is 45.8 Å². The highest BCUT2D eigenvalue weighted by Gasteiger charge is 2.33. The Labute approximate surface area is 181 Å². The van der Waals surface area contributed by atoms with Crippen LogP contribution in [0.25, 0.3) is 0 Å². The van der Waals surface area contributed by atoms with Gasteiger partial charge >= 0.3 is 6.03 Å². The van der Waals surface area contributed by atoms with Crippen LogP contribution >= 0.6 is 11.6 Å². The molecule has 6 nitrogen and oxygen atoms in total. The number of benzene rings is 2. The van der Waals surface area contributed by atoms with Gasteiger partial charge in [0.25, 0.3) is 0 Å². The van der Waals surface area contributed by atoms with Crippen molar-refractivity contribution in [3.63, 3.8) is 0 Å². The van der Waals surface area contributed by atoms with Crippen LogP contribution in [0.15, 0.2) is 42.5 Å². The first kappa shape index (κ1) is 22.3. The zero-order chi connectivity index (χ0) is 21.5. The number of carbonyl (C=O) groups is 1. The minimum Gasteiger partial charge on any atom is -0.497 e. The van der Waals surface area contributed by atoms with Crippen molar-refractivity contribution >= 4 is 23.3 Å². The third-order valence-electron chi connectivity index (χ3n) is 5.33. The summed E-state index contributed by atoms with van der Waals surface area (Å²) < 4.78 is 25.1. The molecule has 0 radical (unpaired) electrons. The normalized spacial score (nSPS) is 19.3. The molecular weight excluding hydrogens is 409 g/mol. The molecule has 0 aliphatic carbocycles. The Hall–Kier alpha value is -2.35. The second-order valence-electron chi connectivity index (χ2n) is 7.29. The van der Waals surface area contributed by atoms with Gasteiger partial charge in [-0.2, -0.15) is 0 Å². The third-order valence-corrected chi connectivity index (χ3v) is 5.59. The van der Waals surface area contributed by atoms with Crippen LogP contribution in [0, 0.1) is 5.82 Å². The van der Waals surface area contributed by atoms with Gasteiger partial charge in [-0.3, -0.25) is 0 Å². The summed E-state index contributed by atoms with van der Waals surface area (Å²) in [5.41, 5.74) is 1.20. The van der Waals surface area contributed by atoms with Crippen LogP contribution in [0.1, 0.15) is 17.9 Å². The number of hydrogen-bond donors (Lipinski definition) is 2. The Morgan fingerprint density at radius 2 is 2.00 bits per heavy atom. The lowest BCUT2D eigenvalue weighted by molar-refractivity contribution is 0.117. The summed E-state index contributed by atoms with van der Waals surface area (Å²) in [6, 6.07) is 11.2. The number of nitrogens with zero attached hydrogens (tertiary/aromatic N) is 1. The average Bonchev–Trinajstić information content (AvgIpc) is 2.74. The van der Waals surface area contributed by atoms with Crippen molar-refractivity contribution in [1.82, 2.24) is 10.2 Å². The number of urea groups is 1. The summed E-state index contributed by atoms with van der Waals surface area (Å²) in [6.45, 7) is 2.78. The molecule has 1 heterocycles. The van der Waals surface area contributed by atoms with Crippen molar-refractivity contribution in [3.05, 3.63) is 58.9 Å². The quantitative estimate of drug-likeness (QED) is 0.687. The molecule has 2 aromatic carbocycles. The predicted octanol–water partition coefficient (Wildman–Crippen LogP) is 4.11. The molecule has 1 unspecified atom stereocenters. The lowest BCUT2D eigenvalue weighted by Gasteiger charge is -2.39. The SMILES string of the molecule is COCCN1CC[C@@H](NC(=O)Nc2ccc(Cl)cc2)C(c2ccc(OC)cc2F)C1. The number of carbonyl (C=O) groups excluding carboxylic acids is 1. The van der Waals surface area contributed by atoms with E-state index < -0.39 is 0 Å². The first-order chi connectivity index (χ1) is 14.5. The summed E-state index contributed by atoms with van der Waals surface area (Å²) in [5.74, 6) is -0.0661. The minimum atomic E-state index is -0.335. The van der Waals surface area contributed by atoms with Crippen molar-refractivity contribution in [3.8, 4) is 5.75 Å². The smallest absolute Gasteiger partial charge is 0.319 e. The fourth-order valence-corrected chi connectivity index (χ4v) is 3.86. The number of anilines is 1. The number of piperidine rings is 1. The molecule has 2 amide bonds. The first-order valence-electron chi connectivity index (χ1n) is 9.88. The van der Waals surface area contributed by atoms with E-state index in [-0.39, 0.29) is 23.8 Å². The van der Waals surface area contributed by atoms with Crippen LogP contribution in [0.5, 0.6) is 5.75 Å². The Morgan fingerprint density at radius 3 is 2.67 bits per heavy atom. The Balaban J connectivity index is 1.74. The van der Waals surface area contributed by atoms with Gasteiger partial charge in [-0.15, -0.1) is 0 Å². The predicted molar refractivity (Wildman–Crippen MR) is 116 cm³/mol. The lowest BCUT2D eigenvalue weighted by atomic mass is 9.85. The van der Waals surface area contributed by atoms with Gasteiger partial charge in [0, 0.05) is 55.5 Å². The molecule has 1 saturated heterocycles. The van der Waals surface area contributed by atoms with Crippen LogP contribution in [-0.4, -0.2) is 57.4 Å². The van der Waals surface area contributed by atoms with Gasteiger partial charge in [0.2, 0.25) is 0 Å². The number of hydrogen-bond acceptors (Lipinski definition) is 4. The molecule has 2 atom stereocenters. The van der Waals surface area contributed by atoms with Gasteiger partial charge in [-0.05, 0) is 42.3 Å². The average molecular weight is 436 g/mol. The molecule has 0 saturated carbocycles. The summed E-state index contributed by atoms with van der Waals surface area (Å²) in [5, 5.41) is 6.43. The van der Waals surface area contributed by atoms with E-state index in [4.69, 9.17) is 21.1 Å². The molecule has 162 valence electrons. The van der Waals surface area contributed by atoms with E-state index in [1.807, 2.05) is 0 Å². The Kier molecular flexibility index (Phi) is 7.90.